The van der Waals surface area contributed by atoms with Gasteiger partial charge >= 0.3 is 0 Å². The van der Waals surface area contributed by atoms with E-state index in [1.807, 2.05) is 52.0 Å². The second-order valence-electron chi connectivity index (χ2n) is 5.48. The molecule has 0 fully saturated rings. The van der Waals surface area contributed by atoms with E-state index in [9.17, 15) is 10.1 Å². The number of hydrogen-bond acceptors (Lipinski definition) is 3. The number of pyridine rings is 1. The molecule has 0 saturated heterocycles. The summed E-state index contributed by atoms with van der Waals surface area (Å²) in [5.41, 5.74) is 5.43. The lowest BCUT2D eigenvalue weighted by atomic mass is 10.0. The average Bonchev–Trinajstić information content (AvgIpc) is 2.44. The minimum Gasteiger partial charge on any atom is -0.293 e. The standard InChI is InChI=1S/C18H18N2OS/c1-11-5-6-15(12(2)7-11)17(21)10-22-18-16(9-19)13(3)8-14(4)20-18/h5-8H,10H2,1-4H3/p+1. The predicted octanol–water partition coefficient (Wildman–Crippen LogP) is 3.58. The molecule has 1 aromatic carbocycles. The molecule has 4 heteroatoms. The van der Waals surface area contributed by atoms with E-state index in [4.69, 9.17) is 0 Å². The first kappa shape index (κ1) is 16.3. The highest BCUT2D eigenvalue weighted by molar-refractivity contribution is 7.99. The summed E-state index contributed by atoms with van der Waals surface area (Å²) in [7, 11) is 0. The highest BCUT2D eigenvalue weighted by Gasteiger charge is 2.18. The van der Waals surface area contributed by atoms with Crippen LogP contribution >= 0.6 is 11.8 Å². The Labute approximate surface area is 135 Å². The number of aromatic nitrogens is 1. The van der Waals surface area contributed by atoms with Crippen LogP contribution in [0.5, 0.6) is 0 Å². The smallest absolute Gasteiger partial charge is 0.257 e. The second-order valence-corrected chi connectivity index (χ2v) is 6.47. The number of carbonyl (C=O) groups is 1. The molecule has 2 rings (SSSR count). The van der Waals surface area contributed by atoms with Gasteiger partial charge in [-0.1, -0.05) is 23.8 Å². The van der Waals surface area contributed by atoms with E-state index in [0.717, 1.165) is 33.0 Å². The van der Waals surface area contributed by atoms with Crippen molar-refractivity contribution in [1.29, 1.82) is 5.26 Å². The van der Waals surface area contributed by atoms with E-state index in [0.29, 0.717) is 11.3 Å². The van der Waals surface area contributed by atoms with Crippen LogP contribution in [0.1, 0.15) is 38.3 Å². The first-order valence-electron chi connectivity index (χ1n) is 7.09. The Morgan fingerprint density at radius 1 is 1.18 bits per heavy atom. The molecule has 3 nitrogen and oxygen atoms in total. The maximum absolute atomic E-state index is 12.4. The number of nitriles is 1. The SMILES string of the molecule is Cc1ccc(C(=O)CSc2[nH+]c(C)cc(C)c2C#N)c(C)c1. The largest absolute Gasteiger partial charge is 0.293 e. The minimum atomic E-state index is 0.0824. The molecule has 1 heterocycles. The van der Waals surface area contributed by atoms with Crippen molar-refractivity contribution in [2.24, 2.45) is 0 Å². The number of aryl methyl sites for hydroxylation is 4. The van der Waals surface area contributed by atoms with Gasteiger partial charge in [0.2, 0.25) is 0 Å². The van der Waals surface area contributed by atoms with Gasteiger partial charge < -0.3 is 0 Å². The number of benzene rings is 1. The number of nitrogens with zero attached hydrogens (tertiary/aromatic N) is 1. The van der Waals surface area contributed by atoms with Gasteiger partial charge in [0.15, 0.2) is 11.5 Å². The van der Waals surface area contributed by atoms with Gasteiger partial charge in [-0.15, -0.1) is 0 Å². The van der Waals surface area contributed by atoms with Gasteiger partial charge in [-0.25, -0.2) is 4.98 Å². The quantitative estimate of drug-likeness (QED) is 0.640. The van der Waals surface area contributed by atoms with Gasteiger partial charge in [-0.05, 0) is 43.7 Å². The predicted molar refractivity (Wildman–Crippen MR) is 88.2 cm³/mol. The van der Waals surface area contributed by atoms with Crippen molar-refractivity contribution < 1.29 is 9.78 Å². The third-order valence-corrected chi connectivity index (χ3v) is 4.51. The summed E-state index contributed by atoms with van der Waals surface area (Å²) >= 11 is 1.39. The molecule has 0 amide bonds. The van der Waals surface area contributed by atoms with Crippen LogP contribution in [0.25, 0.3) is 0 Å². The van der Waals surface area contributed by atoms with Gasteiger partial charge in [-0.2, -0.15) is 5.26 Å². The molecule has 0 bridgehead atoms. The maximum Gasteiger partial charge on any atom is 0.257 e. The van der Waals surface area contributed by atoms with E-state index in [1.54, 1.807) is 0 Å². The number of aromatic amines is 1. The fourth-order valence-electron chi connectivity index (χ4n) is 2.44. The Morgan fingerprint density at radius 3 is 2.55 bits per heavy atom. The van der Waals surface area contributed by atoms with Gasteiger partial charge in [0.05, 0.1) is 5.75 Å². The molecule has 112 valence electrons. The van der Waals surface area contributed by atoms with Crippen molar-refractivity contribution in [3.63, 3.8) is 0 Å². The lowest BCUT2D eigenvalue weighted by Gasteiger charge is -2.06. The van der Waals surface area contributed by atoms with E-state index in [2.05, 4.69) is 11.1 Å². The average molecular weight is 311 g/mol. The number of Topliss-reactive ketones (excluding diaryl/α,β-unsaturated/α-hetero) is 1. The molecule has 22 heavy (non-hydrogen) atoms. The first-order chi connectivity index (χ1) is 10.4. The minimum absolute atomic E-state index is 0.0824. The summed E-state index contributed by atoms with van der Waals surface area (Å²) in [6, 6.07) is 10.00. The third-order valence-electron chi connectivity index (χ3n) is 3.51. The summed E-state index contributed by atoms with van der Waals surface area (Å²) in [6.45, 7) is 7.83. The van der Waals surface area contributed by atoms with E-state index < -0.39 is 0 Å². The second kappa shape index (κ2) is 6.76. The molecule has 0 atom stereocenters. The molecule has 0 aliphatic rings. The summed E-state index contributed by atoms with van der Waals surface area (Å²) < 4.78 is 0. The van der Waals surface area contributed by atoms with Gasteiger partial charge in [0.25, 0.3) is 5.03 Å². The molecule has 0 aliphatic carbocycles. The molecule has 0 spiro atoms. The van der Waals surface area contributed by atoms with Crippen molar-refractivity contribution in [3.8, 4) is 6.07 Å². The lowest BCUT2D eigenvalue weighted by molar-refractivity contribution is -0.435. The molecule has 0 unspecified atom stereocenters. The highest BCUT2D eigenvalue weighted by Crippen LogP contribution is 2.22. The van der Waals surface area contributed by atoms with Crippen LogP contribution in [0, 0.1) is 39.0 Å². The molecular weight excluding hydrogens is 292 g/mol. The molecular formula is C18H19N2OS+. The van der Waals surface area contributed by atoms with Crippen LogP contribution in [0.15, 0.2) is 29.3 Å². The summed E-state index contributed by atoms with van der Waals surface area (Å²) in [6.07, 6.45) is 0. The zero-order valence-electron chi connectivity index (χ0n) is 13.3. The van der Waals surface area contributed by atoms with E-state index >= 15 is 0 Å². The lowest BCUT2D eigenvalue weighted by Crippen LogP contribution is -2.15. The fraction of sp³-hybridized carbons (Fsp3) is 0.278. The van der Waals surface area contributed by atoms with E-state index in [-0.39, 0.29) is 5.78 Å². The van der Waals surface area contributed by atoms with Crippen LogP contribution in [0.4, 0.5) is 0 Å². The van der Waals surface area contributed by atoms with Gasteiger partial charge in [-0.3, -0.25) is 4.79 Å². The zero-order valence-corrected chi connectivity index (χ0v) is 14.1. The van der Waals surface area contributed by atoms with Gasteiger partial charge in [0.1, 0.15) is 11.6 Å². The van der Waals surface area contributed by atoms with Crippen LogP contribution < -0.4 is 4.98 Å². The summed E-state index contributed by atoms with van der Waals surface area (Å²) in [5, 5.41) is 10.0. The normalized spacial score (nSPS) is 10.3. The monoisotopic (exact) mass is 311 g/mol. The fourth-order valence-corrected chi connectivity index (χ4v) is 3.46. The van der Waals surface area contributed by atoms with Crippen LogP contribution in [0.2, 0.25) is 0 Å². The van der Waals surface area contributed by atoms with Crippen molar-refractivity contribution >= 4 is 17.5 Å². The summed E-state index contributed by atoms with van der Waals surface area (Å²) in [4.78, 5) is 15.6. The number of nitrogens with one attached hydrogen (secondary N) is 1. The molecule has 1 aromatic heterocycles. The summed E-state index contributed by atoms with van der Waals surface area (Å²) in [5.74, 6) is 0.400. The number of carbonyl (C=O) groups excluding carboxylic acids is 1. The number of hydrogen-bond donors (Lipinski definition) is 0. The van der Waals surface area contributed by atoms with Crippen LogP contribution in [-0.2, 0) is 0 Å². The Kier molecular flexibility index (Phi) is 4.99. The molecule has 0 aliphatic heterocycles. The van der Waals surface area contributed by atoms with Crippen molar-refractivity contribution in [2.45, 2.75) is 32.7 Å². The first-order valence-corrected chi connectivity index (χ1v) is 8.08. The Hall–Kier alpha value is -2.12. The third kappa shape index (κ3) is 3.55. The highest BCUT2D eigenvalue weighted by atomic mass is 32.2. The maximum atomic E-state index is 12.4. The molecule has 0 saturated carbocycles. The Morgan fingerprint density at radius 2 is 1.91 bits per heavy atom. The molecule has 0 radical (unpaired) electrons. The number of thioether (sulfide) groups is 1. The van der Waals surface area contributed by atoms with Gasteiger partial charge in [0, 0.05) is 18.6 Å². The number of ketones is 1. The Bertz CT molecular complexity index is 775. The van der Waals surface area contributed by atoms with Crippen molar-refractivity contribution in [1.82, 2.24) is 0 Å². The Balaban J connectivity index is 2.20. The van der Waals surface area contributed by atoms with Crippen molar-refractivity contribution in [3.05, 3.63) is 57.8 Å². The van der Waals surface area contributed by atoms with Crippen LogP contribution in [-0.4, -0.2) is 11.5 Å². The zero-order chi connectivity index (χ0) is 16.3. The van der Waals surface area contributed by atoms with E-state index in [1.165, 1.54) is 11.8 Å². The topological polar surface area (TPSA) is 55.0 Å². The van der Waals surface area contributed by atoms with Crippen molar-refractivity contribution in [2.75, 3.05) is 5.75 Å². The molecule has 2 aromatic rings. The van der Waals surface area contributed by atoms with Crippen LogP contribution in [0.3, 0.4) is 0 Å². The molecule has 1 N–H and O–H groups in total. The number of rotatable bonds is 4. The number of H-pyrrole nitrogens is 1.